The molecular formula is C14H17NO6. The third kappa shape index (κ3) is 4.55. The van der Waals surface area contributed by atoms with Crippen molar-refractivity contribution in [2.24, 2.45) is 0 Å². The lowest BCUT2D eigenvalue weighted by atomic mass is 10.2. The minimum atomic E-state index is -0.907. The van der Waals surface area contributed by atoms with Crippen LogP contribution in [0.3, 0.4) is 0 Å². The number of rotatable bonds is 8. The van der Waals surface area contributed by atoms with Gasteiger partial charge in [0, 0.05) is 11.6 Å². The van der Waals surface area contributed by atoms with Gasteiger partial charge in [-0.05, 0) is 25.5 Å². The maximum Gasteiger partial charge on any atom is 0.347 e. The number of nitro groups is 1. The Morgan fingerprint density at radius 3 is 2.67 bits per heavy atom. The molecule has 114 valence electrons. The lowest BCUT2D eigenvalue weighted by Gasteiger charge is -2.17. The van der Waals surface area contributed by atoms with Gasteiger partial charge < -0.3 is 9.47 Å². The fraction of sp³-hybridized carbons (Fsp3) is 0.429. The van der Waals surface area contributed by atoms with E-state index in [0.717, 1.165) is 6.07 Å². The molecule has 0 heterocycles. The topological polar surface area (TPSA) is 95.7 Å². The molecule has 1 unspecified atom stereocenters. The fourth-order valence-electron chi connectivity index (χ4n) is 1.73. The highest BCUT2D eigenvalue weighted by Gasteiger charge is 2.25. The van der Waals surface area contributed by atoms with E-state index in [1.165, 1.54) is 12.1 Å². The van der Waals surface area contributed by atoms with Crippen molar-refractivity contribution in [1.82, 2.24) is 0 Å². The first-order chi connectivity index (χ1) is 10.0. The van der Waals surface area contributed by atoms with Crippen molar-refractivity contribution in [3.8, 4) is 5.75 Å². The van der Waals surface area contributed by atoms with Crippen LogP contribution in [0.15, 0.2) is 18.2 Å². The molecule has 0 saturated heterocycles. The van der Waals surface area contributed by atoms with Crippen molar-refractivity contribution in [2.45, 2.75) is 32.8 Å². The zero-order chi connectivity index (χ0) is 15.8. The molecule has 0 fully saturated rings. The average Bonchev–Trinajstić information content (AvgIpc) is 2.47. The monoisotopic (exact) mass is 295 g/mol. The second kappa shape index (κ2) is 7.98. The number of nitrogens with zero attached hydrogens (tertiary/aromatic N) is 1. The molecule has 7 nitrogen and oxygen atoms in total. The smallest absolute Gasteiger partial charge is 0.347 e. The van der Waals surface area contributed by atoms with Crippen LogP contribution in [0.1, 0.15) is 37.0 Å². The zero-order valence-electron chi connectivity index (χ0n) is 11.9. The summed E-state index contributed by atoms with van der Waals surface area (Å²) in [6.45, 7) is 3.73. The highest BCUT2D eigenvalue weighted by atomic mass is 16.6. The molecule has 0 aliphatic carbocycles. The minimum absolute atomic E-state index is 0.0582. The predicted octanol–water partition coefficient (Wildman–Crippen LogP) is 2.52. The second-order valence-electron chi connectivity index (χ2n) is 4.25. The van der Waals surface area contributed by atoms with E-state index < -0.39 is 17.0 Å². The predicted molar refractivity (Wildman–Crippen MR) is 74.4 cm³/mol. The summed E-state index contributed by atoms with van der Waals surface area (Å²) in [5.74, 6) is -0.620. The van der Waals surface area contributed by atoms with Crippen LogP contribution in [-0.2, 0) is 9.53 Å². The van der Waals surface area contributed by atoms with Crippen molar-refractivity contribution in [3.05, 3.63) is 33.9 Å². The fourth-order valence-corrected chi connectivity index (χ4v) is 1.73. The van der Waals surface area contributed by atoms with Gasteiger partial charge in [-0.15, -0.1) is 0 Å². The first-order valence-electron chi connectivity index (χ1n) is 6.60. The van der Waals surface area contributed by atoms with E-state index in [1.54, 1.807) is 6.92 Å². The van der Waals surface area contributed by atoms with Crippen LogP contribution >= 0.6 is 0 Å². The molecular weight excluding hydrogens is 278 g/mol. The normalized spacial score (nSPS) is 11.5. The number of esters is 1. The first kappa shape index (κ1) is 16.6. The van der Waals surface area contributed by atoms with Crippen LogP contribution in [0.4, 0.5) is 5.69 Å². The van der Waals surface area contributed by atoms with Crippen LogP contribution in [0, 0.1) is 10.1 Å². The first-order valence-corrected chi connectivity index (χ1v) is 6.60. The van der Waals surface area contributed by atoms with Gasteiger partial charge in [-0.1, -0.05) is 13.3 Å². The van der Waals surface area contributed by atoms with E-state index in [2.05, 4.69) is 0 Å². The van der Waals surface area contributed by atoms with Crippen molar-refractivity contribution in [3.63, 3.8) is 0 Å². The number of carbonyl (C=O) groups is 2. The molecule has 1 rings (SSSR count). The maximum atomic E-state index is 11.8. The van der Waals surface area contributed by atoms with Gasteiger partial charge in [0.2, 0.25) is 0 Å². The van der Waals surface area contributed by atoms with Crippen molar-refractivity contribution in [2.75, 3.05) is 6.61 Å². The summed E-state index contributed by atoms with van der Waals surface area (Å²) in [5, 5.41) is 11.0. The number of hydrogen-bond acceptors (Lipinski definition) is 6. The average molecular weight is 295 g/mol. The number of hydrogen-bond donors (Lipinski definition) is 0. The summed E-state index contributed by atoms with van der Waals surface area (Å²) in [7, 11) is 0. The molecule has 1 aromatic carbocycles. The Kier molecular flexibility index (Phi) is 6.32. The number of ether oxygens (including phenoxy) is 2. The quantitative estimate of drug-likeness (QED) is 0.316. The maximum absolute atomic E-state index is 11.8. The highest BCUT2D eigenvalue weighted by Crippen LogP contribution is 2.29. The van der Waals surface area contributed by atoms with E-state index in [1.807, 2.05) is 6.92 Å². The lowest BCUT2D eigenvalue weighted by Crippen LogP contribution is -2.29. The Balaban J connectivity index is 3.05. The van der Waals surface area contributed by atoms with Crippen LogP contribution in [-0.4, -0.2) is 29.9 Å². The molecule has 21 heavy (non-hydrogen) atoms. The molecule has 0 aliphatic rings. The molecule has 7 heteroatoms. The summed E-state index contributed by atoms with van der Waals surface area (Å²) < 4.78 is 10.3. The standard InChI is InChI=1S/C14H17NO6/c1-3-5-13(14(17)20-4-2)21-12-7-6-10(9-16)8-11(12)15(18)19/h6-9,13H,3-5H2,1-2H3. The van der Waals surface area contributed by atoms with Gasteiger partial charge in [0.05, 0.1) is 11.5 Å². The van der Waals surface area contributed by atoms with Gasteiger partial charge in [-0.2, -0.15) is 0 Å². The Morgan fingerprint density at radius 2 is 2.14 bits per heavy atom. The molecule has 0 saturated carbocycles. The number of carbonyl (C=O) groups excluding carboxylic acids is 2. The van der Waals surface area contributed by atoms with E-state index >= 15 is 0 Å². The minimum Gasteiger partial charge on any atom is -0.472 e. The van der Waals surface area contributed by atoms with Gasteiger partial charge >= 0.3 is 11.7 Å². The number of aldehydes is 1. The third-order valence-corrected chi connectivity index (χ3v) is 2.69. The molecule has 0 spiro atoms. The highest BCUT2D eigenvalue weighted by molar-refractivity contribution is 5.78. The summed E-state index contributed by atoms with van der Waals surface area (Å²) in [4.78, 5) is 32.8. The molecule has 0 bridgehead atoms. The number of benzene rings is 1. The van der Waals surface area contributed by atoms with Gasteiger partial charge in [0.15, 0.2) is 11.9 Å². The van der Waals surface area contributed by atoms with E-state index in [9.17, 15) is 19.7 Å². The van der Waals surface area contributed by atoms with Crippen molar-refractivity contribution >= 4 is 17.9 Å². The SMILES string of the molecule is CCCC(Oc1ccc(C=O)cc1[N+](=O)[O-])C(=O)OCC. The van der Waals surface area contributed by atoms with Gasteiger partial charge in [-0.25, -0.2) is 4.79 Å². The van der Waals surface area contributed by atoms with Crippen molar-refractivity contribution < 1.29 is 24.0 Å². The van der Waals surface area contributed by atoms with Crippen LogP contribution in [0.2, 0.25) is 0 Å². The Bertz CT molecular complexity index is 528. The molecule has 1 aromatic rings. The Hall–Kier alpha value is -2.44. The largest absolute Gasteiger partial charge is 0.472 e. The van der Waals surface area contributed by atoms with Crippen LogP contribution in [0.5, 0.6) is 5.75 Å². The molecule has 0 aromatic heterocycles. The summed E-state index contributed by atoms with van der Waals surface area (Å²) >= 11 is 0. The number of nitro benzene ring substituents is 1. The molecule has 0 N–H and O–H groups in total. The lowest BCUT2D eigenvalue weighted by molar-refractivity contribution is -0.386. The molecule has 0 aliphatic heterocycles. The summed E-state index contributed by atoms with van der Waals surface area (Å²) in [6, 6.07) is 3.81. The summed E-state index contributed by atoms with van der Waals surface area (Å²) in [6.07, 6.45) is 0.636. The van der Waals surface area contributed by atoms with Gasteiger partial charge in [0.1, 0.15) is 6.29 Å². The molecule has 1 atom stereocenters. The Labute approximate surface area is 122 Å². The van der Waals surface area contributed by atoms with E-state index in [0.29, 0.717) is 19.1 Å². The van der Waals surface area contributed by atoms with Crippen LogP contribution in [0.25, 0.3) is 0 Å². The van der Waals surface area contributed by atoms with E-state index in [-0.39, 0.29) is 23.6 Å². The van der Waals surface area contributed by atoms with E-state index in [4.69, 9.17) is 9.47 Å². The Morgan fingerprint density at radius 1 is 1.43 bits per heavy atom. The second-order valence-corrected chi connectivity index (χ2v) is 4.25. The molecule has 0 radical (unpaired) electrons. The van der Waals surface area contributed by atoms with Crippen molar-refractivity contribution in [1.29, 1.82) is 0 Å². The molecule has 0 amide bonds. The van der Waals surface area contributed by atoms with Crippen LogP contribution < -0.4 is 4.74 Å². The van der Waals surface area contributed by atoms with Gasteiger partial charge in [0.25, 0.3) is 0 Å². The van der Waals surface area contributed by atoms with Gasteiger partial charge in [-0.3, -0.25) is 14.9 Å². The summed E-state index contributed by atoms with van der Waals surface area (Å²) in [5.41, 5.74) is -0.192. The third-order valence-electron chi connectivity index (χ3n) is 2.69. The zero-order valence-corrected chi connectivity index (χ0v) is 11.9.